The van der Waals surface area contributed by atoms with Crippen LogP contribution < -0.4 is 10.1 Å². The lowest BCUT2D eigenvalue weighted by Crippen LogP contribution is -2.35. The number of ether oxygens (including phenoxy) is 1. The zero-order valence-corrected chi connectivity index (χ0v) is 20.1. The predicted molar refractivity (Wildman–Crippen MR) is 127 cm³/mol. The second-order valence-electron chi connectivity index (χ2n) is 7.29. The highest BCUT2D eigenvalue weighted by Gasteiger charge is 2.28. The smallest absolute Gasteiger partial charge is 0.262 e. The zero-order valence-electron chi connectivity index (χ0n) is 16.9. The van der Waals surface area contributed by atoms with Crippen molar-refractivity contribution in [3.63, 3.8) is 0 Å². The Morgan fingerprint density at radius 3 is 2.50 bits per heavy atom. The molecule has 0 fully saturated rings. The third kappa shape index (κ3) is 5.15. The van der Waals surface area contributed by atoms with Crippen LogP contribution in [0.15, 0.2) is 76.1 Å². The monoisotopic (exact) mass is 534 g/mol. The van der Waals surface area contributed by atoms with Crippen molar-refractivity contribution in [2.24, 2.45) is 0 Å². The molecule has 0 saturated carbocycles. The number of carbonyl (C=O) groups is 1. The minimum atomic E-state index is -3.71. The molecule has 1 aliphatic heterocycles. The number of halogens is 2. The van der Waals surface area contributed by atoms with Crippen molar-refractivity contribution in [2.45, 2.75) is 17.9 Å². The van der Waals surface area contributed by atoms with Gasteiger partial charge in [-0.05, 0) is 60.0 Å². The van der Waals surface area contributed by atoms with Crippen LogP contribution in [0.5, 0.6) is 5.75 Å². The molecule has 166 valence electrons. The van der Waals surface area contributed by atoms with Gasteiger partial charge in [-0.3, -0.25) is 4.79 Å². The summed E-state index contributed by atoms with van der Waals surface area (Å²) in [7, 11) is -3.71. The topological polar surface area (TPSA) is 75.7 Å². The fourth-order valence-corrected chi connectivity index (χ4v) is 5.47. The first-order chi connectivity index (χ1) is 15.3. The van der Waals surface area contributed by atoms with Gasteiger partial charge in [0.2, 0.25) is 10.0 Å². The summed E-state index contributed by atoms with van der Waals surface area (Å²) in [6.45, 7) is 0.473. The first-order valence-corrected chi connectivity index (χ1v) is 12.5. The van der Waals surface area contributed by atoms with Gasteiger partial charge in [0.25, 0.3) is 5.91 Å². The second kappa shape index (κ2) is 9.62. The SMILES string of the molecule is O=C(COc1ccc(S(=O)(=O)N2CCc3ccccc3C2)cc1Cl)Nc1ccc(Br)cc1. The number of amides is 1. The number of fused-ring (bicyclic) bond motifs is 1. The minimum absolute atomic E-state index is 0.0912. The predicted octanol–water partition coefficient (Wildman–Crippen LogP) is 4.87. The number of nitrogens with one attached hydrogen (secondary N) is 1. The Kier molecular flexibility index (Phi) is 6.85. The number of carbonyl (C=O) groups excluding carboxylic acids is 1. The summed E-state index contributed by atoms with van der Waals surface area (Å²) >= 11 is 9.61. The fourth-order valence-electron chi connectivity index (χ4n) is 3.46. The minimum Gasteiger partial charge on any atom is -0.482 e. The van der Waals surface area contributed by atoms with Crippen LogP contribution in [0.1, 0.15) is 11.1 Å². The number of rotatable bonds is 6. The summed E-state index contributed by atoms with van der Waals surface area (Å²) in [6, 6.07) is 19.3. The van der Waals surface area contributed by atoms with Gasteiger partial charge in [0.15, 0.2) is 6.61 Å². The quantitative estimate of drug-likeness (QED) is 0.489. The van der Waals surface area contributed by atoms with E-state index in [2.05, 4.69) is 21.2 Å². The van der Waals surface area contributed by atoms with Gasteiger partial charge in [0.1, 0.15) is 5.75 Å². The third-order valence-electron chi connectivity index (χ3n) is 5.12. The van der Waals surface area contributed by atoms with Crippen molar-refractivity contribution in [1.82, 2.24) is 4.31 Å². The number of anilines is 1. The maximum absolute atomic E-state index is 13.1. The van der Waals surface area contributed by atoms with E-state index >= 15 is 0 Å². The van der Waals surface area contributed by atoms with Crippen molar-refractivity contribution in [3.05, 3.63) is 87.4 Å². The van der Waals surface area contributed by atoms with E-state index in [0.29, 0.717) is 25.2 Å². The van der Waals surface area contributed by atoms with E-state index in [-0.39, 0.29) is 28.2 Å². The van der Waals surface area contributed by atoms with E-state index in [1.165, 1.54) is 28.1 Å². The van der Waals surface area contributed by atoms with Gasteiger partial charge in [-0.25, -0.2) is 8.42 Å². The molecule has 0 aliphatic carbocycles. The van der Waals surface area contributed by atoms with Crippen molar-refractivity contribution in [1.29, 1.82) is 0 Å². The summed E-state index contributed by atoms with van der Waals surface area (Å²) in [5.74, 6) is -0.118. The summed E-state index contributed by atoms with van der Waals surface area (Å²) < 4.78 is 34.1. The van der Waals surface area contributed by atoms with Crippen molar-refractivity contribution in [3.8, 4) is 5.75 Å². The Labute approximate surface area is 200 Å². The van der Waals surface area contributed by atoms with Gasteiger partial charge in [0, 0.05) is 23.2 Å². The maximum atomic E-state index is 13.1. The molecule has 1 N–H and O–H groups in total. The molecule has 3 aromatic carbocycles. The van der Waals surface area contributed by atoms with E-state index in [1.54, 1.807) is 12.1 Å². The number of hydrogen-bond acceptors (Lipinski definition) is 4. The van der Waals surface area contributed by atoms with Crippen LogP contribution in [0.25, 0.3) is 0 Å². The van der Waals surface area contributed by atoms with Gasteiger partial charge in [-0.15, -0.1) is 0 Å². The van der Waals surface area contributed by atoms with Gasteiger partial charge in [-0.2, -0.15) is 4.31 Å². The lowest BCUT2D eigenvalue weighted by Gasteiger charge is -2.28. The van der Waals surface area contributed by atoms with E-state index in [9.17, 15) is 13.2 Å². The molecule has 0 spiro atoms. The number of sulfonamides is 1. The first-order valence-electron chi connectivity index (χ1n) is 9.87. The average molecular weight is 536 g/mol. The van der Waals surface area contributed by atoms with Crippen LogP contribution >= 0.6 is 27.5 Å². The highest BCUT2D eigenvalue weighted by molar-refractivity contribution is 9.10. The highest BCUT2D eigenvalue weighted by Crippen LogP contribution is 2.31. The van der Waals surface area contributed by atoms with Crippen molar-refractivity contribution < 1.29 is 17.9 Å². The van der Waals surface area contributed by atoms with E-state index in [4.69, 9.17) is 16.3 Å². The second-order valence-corrected chi connectivity index (χ2v) is 10.6. The molecular weight excluding hydrogens is 516 g/mol. The van der Waals surface area contributed by atoms with Gasteiger partial charge < -0.3 is 10.1 Å². The molecule has 0 saturated heterocycles. The van der Waals surface area contributed by atoms with E-state index in [0.717, 1.165) is 10.0 Å². The Hall–Kier alpha value is -2.39. The third-order valence-corrected chi connectivity index (χ3v) is 7.79. The Bertz CT molecular complexity index is 1250. The zero-order chi connectivity index (χ0) is 22.7. The number of hydrogen-bond donors (Lipinski definition) is 1. The van der Waals surface area contributed by atoms with Crippen LogP contribution in [0.3, 0.4) is 0 Å². The molecule has 0 radical (unpaired) electrons. The molecule has 1 aliphatic rings. The molecular formula is C23H20BrClN2O4S. The van der Waals surface area contributed by atoms with Crippen LogP contribution in [0.2, 0.25) is 5.02 Å². The molecule has 1 heterocycles. The van der Waals surface area contributed by atoms with Gasteiger partial charge in [-0.1, -0.05) is 51.8 Å². The first kappa shape index (κ1) is 22.8. The summed E-state index contributed by atoms with van der Waals surface area (Å²) in [5.41, 5.74) is 2.81. The standard InChI is InChI=1S/C23H20BrClN2O4S/c24-18-5-7-19(8-6-18)26-23(28)15-31-22-10-9-20(13-21(22)25)32(29,30)27-12-11-16-3-1-2-4-17(16)14-27/h1-10,13H,11-12,14-15H2,(H,26,28). The molecule has 0 aromatic heterocycles. The van der Waals surface area contributed by atoms with Crippen LogP contribution in [-0.4, -0.2) is 31.8 Å². The molecule has 1 amide bonds. The Morgan fingerprint density at radius 1 is 1.06 bits per heavy atom. The van der Waals surface area contributed by atoms with E-state index in [1.807, 2.05) is 36.4 Å². The van der Waals surface area contributed by atoms with Crippen LogP contribution in [0.4, 0.5) is 5.69 Å². The van der Waals surface area contributed by atoms with E-state index < -0.39 is 10.0 Å². The molecule has 0 unspecified atom stereocenters. The fraction of sp³-hybridized carbons (Fsp3) is 0.174. The molecule has 0 atom stereocenters. The lowest BCUT2D eigenvalue weighted by atomic mass is 10.0. The molecule has 4 rings (SSSR count). The van der Waals surface area contributed by atoms with Crippen molar-refractivity contribution >= 4 is 49.1 Å². The number of benzene rings is 3. The summed E-state index contributed by atoms with van der Waals surface area (Å²) in [4.78, 5) is 12.2. The largest absolute Gasteiger partial charge is 0.482 e. The summed E-state index contributed by atoms with van der Waals surface area (Å²) in [6.07, 6.45) is 0.664. The van der Waals surface area contributed by atoms with Crippen LogP contribution in [-0.2, 0) is 27.8 Å². The lowest BCUT2D eigenvalue weighted by molar-refractivity contribution is -0.118. The normalized spacial score (nSPS) is 13.9. The summed E-state index contributed by atoms with van der Waals surface area (Å²) in [5, 5.41) is 2.84. The molecule has 32 heavy (non-hydrogen) atoms. The number of nitrogens with zero attached hydrogens (tertiary/aromatic N) is 1. The van der Waals surface area contributed by atoms with Gasteiger partial charge >= 0.3 is 0 Å². The van der Waals surface area contributed by atoms with Crippen LogP contribution in [0, 0.1) is 0 Å². The van der Waals surface area contributed by atoms with Crippen molar-refractivity contribution in [2.75, 3.05) is 18.5 Å². The Morgan fingerprint density at radius 2 is 1.78 bits per heavy atom. The molecule has 0 bridgehead atoms. The average Bonchev–Trinajstić information content (AvgIpc) is 2.79. The molecule has 6 nitrogen and oxygen atoms in total. The van der Waals surface area contributed by atoms with Gasteiger partial charge in [0.05, 0.1) is 9.92 Å². The Balaban J connectivity index is 1.41. The maximum Gasteiger partial charge on any atom is 0.262 e. The molecule has 3 aromatic rings. The highest BCUT2D eigenvalue weighted by atomic mass is 79.9. The molecule has 9 heteroatoms.